The van der Waals surface area contributed by atoms with Crippen LogP contribution in [0, 0.1) is 5.41 Å². The minimum Gasteiger partial charge on any atom is -0.476 e. The fourth-order valence-electron chi connectivity index (χ4n) is 0.939. The van der Waals surface area contributed by atoms with Gasteiger partial charge in [-0.2, -0.15) is 0 Å². The molecule has 0 unspecified atom stereocenters. The predicted octanol–water partition coefficient (Wildman–Crippen LogP) is 0.0982. The number of nitrogens with one attached hydrogen (secondary N) is 1. The van der Waals surface area contributed by atoms with Gasteiger partial charge in [0.15, 0.2) is 5.69 Å². The third-order valence-electron chi connectivity index (χ3n) is 2.26. The third-order valence-corrected chi connectivity index (χ3v) is 2.26. The zero-order valence-electron chi connectivity index (χ0n) is 9.60. The Labute approximate surface area is 98.0 Å². The molecule has 92 valence electrons. The number of carbonyl (C=O) groups is 2. The molecule has 0 saturated carbocycles. The molecule has 0 atom stereocenters. The number of anilines is 1. The van der Waals surface area contributed by atoms with Crippen molar-refractivity contribution in [2.75, 3.05) is 11.9 Å². The van der Waals surface area contributed by atoms with Gasteiger partial charge in [-0.15, -0.1) is 10.2 Å². The number of aromatic carboxylic acids is 1. The van der Waals surface area contributed by atoms with Crippen LogP contribution >= 0.6 is 0 Å². The first-order chi connectivity index (χ1) is 7.83. The summed E-state index contributed by atoms with van der Waals surface area (Å²) >= 11 is 0. The molecule has 0 aliphatic carbocycles. The van der Waals surface area contributed by atoms with Crippen molar-refractivity contribution in [3.63, 3.8) is 0 Å². The smallest absolute Gasteiger partial charge is 0.356 e. The lowest BCUT2D eigenvalue weighted by molar-refractivity contribution is -0.125. The molecule has 1 aromatic rings. The van der Waals surface area contributed by atoms with Crippen LogP contribution in [0.1, 0.15) is 24.3 Å². The Morgan fingerprint density at radius 1 is 1.41 bits per heavy atom. The third kappa shape index (κ3) is 3.40. The van der Waals surface area contributed by atoms with Crippen molar-refractivity contribution >= 4 is 17.7 Å². The Morgan fingerprint density at radius 2 is 2.06 bits per heavy atom. The molecule has 17 heavy (non-hydrogen) atoms. The number of hydrogen-bond acceptors (Lipinski definition) is 5. The molecule has 0 bridgehead atoms. The molecule has 1 amide bonds. The van der Waals surface area contributed by atoms with Crippen molar-refractivity contribution in [3.05, 3.63) is 17.8 Å². The number of rotatable bonds is 5. The number of aromatic nitrogens is 2. The lowest BCUT2D eigenvalue weighted by Crippen LogP contribution is -2.37. The Hall–Kier alpha value is -2.18. The van der Waals surface area contributed by atoms with E-state index in [1.54, 1.807) is 13.8 Å². The minimum absolute atomic E-state index is 0.135. The fourth-order valence-corrected chi connectivity index (χ4v) is 0.939. The van der Waals surface area contributed by atoms with E-state index in [4.69, 9.17) is 10.8 Å². The highest BCUT2D eigenvalue weighted by Crippen LogP contribution is 2.14. The van der Waals surface area contributed by atoms with Crippen molar-refractivity contribution in [1.29, 1.82) is 0 Å². The average Bonchev–Trinajstić information content (AvgIpc) is 2.27. The molecule has 0 radical (unpaired) electrons. The monoisotopic (exact) mass is 238 g/mol. The normalized spacial score (nSPS) is 10.9. The Balaban J connectivity index is 2.65. The molecule has 1 aromatic heterocycles. The van der Waals surface area contributed by atoms with Crippen LogP contribution in [-0.4, -0.2) is 33.7 Å². The van der Waals surface area contributed by atoms with E-state index >= 15 is 0 Å². The van der Waals surface area contributed by atoms with Crippen molar-refractivity contribution in [3.8, 4) is 0 Å². The van der Waals surface area contributed by atoms with Gasteiger partial charge in [0, 0.05) is 6.54 Å². The standard InChI is InChI=1S/C10H14N4O3/c1-10(2,9(11)17)5-12-7-4-3-6(8(15)16)13-14-7/h3-4H,5H2,1-2H3,(H2,11,17)(H,12,14)(H,15,16). The number of nitrogens with zero attached hydrogens (tertiary/aromatic N) is 2. The van der Waals surface area contributed by atoms with Gasteiger partial charge in [-0.25, -0.2) is 4.79 Å². The largest absolute Gasteiger partial charge is 0.476 e. The average molecular weight is 238 g/mol. The Bertz CT molecular complexity index is 428. The summed E-state index contributed by atoms with van der Waals surface area (Å²) in [4.78, 5) is 21.6. The van der Waals surface area contributed by atoms with Crippen molar-refractivity contribution in [2.24, 2.45) is 11.1 Å². The van der Waals surface area contributed by atoms with Crippen molar-refractivity contribution < 1.29 is 14.7 Å². The fraction of sp³-hybridized carbons (Fsp3) is 0.400. The number of amides is 1. The molecule has 0 aliphatic heterocycles. The van der Waals surface area contributed by atoms with Crippen LogP contribution in [0.4, 0.5) is 5.82 Å². The van der Waals surface area contributed by atoms with Gasteiger partial charge in [0.1, 0.15) is 5.82 Å². The molecule has 7 heteroatoms. The number of hydrogen-bond donors (Lipinski definition) is 3. The quantitative estimate of drug-likeness (QED) is 0.669. The van der Waals surface area contributed by atoms with E-state index < -0.39 is 17.3 Å². The van der Waals surface area contributed by atoms with Crippen LogP contribution in [0.15, 0.2) is 12.1 Å². The summed E-state index contributed by atoms with van der Waals surface area (Å²) in [7, 11) is 0. The first-order valence-electron chi connectivity index (χ1n) is 4.94. The molecule has 0 saturated heterocycles. The lowest BCUT2D eigenvalue weighted by Gasteiger charge is -2.20. The molecule has 4 N–H and O–H groups in total. The number of carbonyl (C=O) groups excluding carboxylic acids is 1. The topological polar surface area (TPSA) is 118 Å². The summed E-state index contributed by atoms with van der Waals surface area (Å²) in [5.74, 6) is -1.18. The minimum atomic E-state index is -1.14. The van der Waals surface area contributed by atoms with E-state index in [-0.39, 0.29) is 5.69 Å². The summed E-state index contributed by atoms with van der Waals surface area (Å²) in [6.45, 7) is 3.69. The summed E-state index contributed by atoms with van der Waals surface area (Å²) in [5.41, 5.74) is 4.36. The molecular formula is C10H14N4O3. The number of carboxylic acids is 1. The molecule has 0 aromatic carbocycles. The maximum atomic E-state index is 11.1. The second-order valence-corrected chi connectivity index (χ2v) is 4.21. The van der Waals surface area contributed by atoms with Crippen LogP contribution in [0.25, 0.3) is 0 Å². The molecule has 0 spiro atoms. The second-order valence-electron chi connectivity index (χ2n) is 4.21. The van der Waals surface area contributed by atoms with Gasteiger partial charge in [0.2, 0.25) is 5.91 Å². The highest BCUT2D eigenvalue weighted by atomic mass is 16.4. The number of primary amides is 1. The highest BCUT2D eigenvalue weighted by Gasteiger charge is 2.24. The van der Waals surface area contributed by atoms with Gasteiger partial charge in [0.25, 0.3) is 0 Å². The Kier molecular flexibility index (Phi) is 3.62. The number of carboxylic acid groups (broad SMARTS) is 1. The van der Waals surface area contributed by atoms with Crippen LogP contribution in [-0.2, 0) is 4.79 Å². The second kappa shape index (κ2) is 4.77. The summed E-state index contributed by atoms with van der Waals surface area (Å²) in [6, 6.07) is 2.81. The molecule has 1 rings (SSSR count). The van der Waals surface area contributed by atoms with Crippen molar-refractivity contribution in [1.82, 2.24) is 10.2 Å². The lowest BCUT2D eigenvalue weighted by atomic mass is 9.93. The highest BCUT2D eigenvalue weighted by molar-refractivity contribution is 5.85. The molecule has 7 nitrogen and oxygen atoms in total. The van der Waals surface area contributed by atoms with Crippen LogP contribution < -0.4 is 11.1 Å². The van der Waals surface area contributed by atoms with Gasteiger partial charge in [0.05, 0.1) is 5.41 Å². The van der Waals surface area contributed by atoms with Gasteiger partial charge >= 0.3 is 5.97 Å². The van der Waals surface area contributed by atoms with E-state index in [2.05, 4.69) is 15.5 Å². The van der Waals surface area contributed by atoms with Gasteiger partial charge in [-0.3, -0.25) is 4.79 Å². The van der Waals surface area contributed by atoms with E-state index in [1.165, 1.54) is 12.1 Å². The van der Waals surface area contributed by atoms with E-state index in [0.717, 1.165) is 0 Å². The molecule has 0 fully saturated rings. The summed E-state index contributed by atoms with van der Waals surface area (Å²) < 4.78 is 0. The molecular weight excluding hydrogens is 224 g/mol. The first kappa shape index (κ1) is 12.9. The maximum absolute atomic E-state index is 11.1. The van der Waals surface area contributed by atoms with Gasteiger partial charge in [-0.05, 0) is 26.0 Å². The first-order valence-corrected chi connectivity index (χ1v) is 4.94. The van der Waals surface area contributed by atoms with Gasteiger partial charge < -0.3 is 16.2 Å². The van der Waals surface area contributed by atoms with E-state index in [0.29, 0.717) is 12.4 Å². The van der Waals surface area contributed by atoms with Crippen LogP contribution in [0.2, 0.25) is 0 Å². The zero-order valence-corrected chi connectivity index (χ0v) is 9.60. The van der Waals surface area contributed by atoms with E-state index in [9.17, 15) is 9.59 Å². The van der Waals surface area contributed by atoms with Crippen LogP contribution in [0.3, 0.4) is 0 Å². The van der Waals surface area contributed by atoms with Crippen molar-refractivity contribution in [2.45, 2.75) is 13.8 Å². The SMILES string of the molecule is CC(C)(CNc1ccc(C(=O)O)nn1)C(N)=O. The summed E-state index contributed by atoms with van der Waals surface area (Å²) in [5, 5.41) is 18.7. The Morgan fingerprint density at radius 3 is 2.47 bits per heavy atom. The van der Waals surface area contributed by atoms with Gasteiger partial charge in [-0.1, -0.05) is 0 Å². The van der Waals surface area contributed by atoms with E-state index in [1.807, 2.05) is 0 Å². The maximum Gasteiger partial charge on any atom is 0.356 e. The molecule has 1 heterocycles. The predicted molar refractivity (Wildman–Crippen MR) is 60.5 cm³/mol. The number of nitrogens with two attached hydrogens (primary N) is 1. The summed E-state index contributed by atoms with van der Waals surface area (Å²) in [6.07, 6.45) is 0. The van der Waals surface area contributed by atoms with Crippen LogP contribution in [0.5, 0.6) is 0 Å². The zero-order chi connectivity index (χ0) is 13.1. The molecule has 0 aliphatic rings.